The Morgan fingerprint density at radius 2 is 2.09 bits per heavy atom. The molecule has 0 saturated carbocycles. The number of halogens is 1. The third-order valence-corrected chi connectivity index (χ3v) is 4.34. The minimum Gasteiger partial charge on any atom is -0.325 e. The fourth-order valence-corrected chi connectivity index (χ4v) is 2.85. The molecule has 0 aliphatic rings. The Hall–Kier alpha value is -2.19. The van der Waals surface area contributed by atoms with Crippen molar-refractivity contribution in [3.05, 3.63) is 40.8 Å². The van der Waals surface area contributed by atoms with Crippen LogP contribution in [0.3, 0.4) is 0 Å². The summed E-state index contributed by atoms with van der Waals surface area (Å²) in [6, 6.07) is 6.25. The minimum atomic E-state index is -0.326. The largest absolute Gasteiger partial charge is 0.325 e. The Kier molecular flexibility index (Phi) is 3.95. The maximum atomic E-state index is 13.5. The molecule has 1 aromatic carbocycles. The van der Waals surface area contributed by atoms with Crippen LogP contribution >= 0.6 is 11.3 Å². The fourth-order valence-electron chi connectivity index (χ4n) is 2.05. The first-order chi connectivity index (χ1) is 10.6. The number of aromatic nitrogens is 5. The van der Waals surface area contributed by atoms with Gasteiger partial charge in [-0.2, -0.15) is 4.68 Å². The van der Waals surface area contributed by atoms with E-state index in [9.17, 15) is 4.39 Å². The van der Waals surface area contributed by atoms with Crippen molar-refractivity contribution in [3.8, 4) is 16.4 Å². The number of hydrogen-bond acceptors (Lipinski definition) is 6. The fraction of sp³-hybridized carbons (Fsp3) is 0.286. The summed E-state index contributed by atoms with van der Waals surface area (Å²) < 4.78 is 15.1. The van der Waals surface area contributed by atoms with E-state index in [1.54, 1.807) is 16.8 Å². The molecule has 0 atom stereocenters. The van der Waals surface area contributed by atoms with Crippen molar-refractivity contribution in [1.29, 1.82) is 0 Å². The van der Waals surface area contributed by atoms with Gasteiger partial charge in [0, 0.05) is 18.0 Å². The highest BCUT2D eigenvalue weighted by molar-refractivity contribution is 7.13. The topological polar surface area (TPSA) is 82.5 Å². The molecular weight excluding hydrogens is 303 g/mol. The Labute approximate surface area is 130 Å². The van der Waals surface area contributed by atoms with Crippen LogP contribution in [0.2, 0.25) is 0 Å². The zero-order valence-corrected chi connectivity index (χ0v) is 13.0. The average Bonchev–Trinajstić information content (AvgIpc) is 3.13. The molecule has 0 unspecified atom stereocenters. The van der Waals surface area contributed by atoms with Gasteiger partial charge in [-0.15, -0.1) is 15.3 Å². The van der Waals surface area contributed by atoms with E-state index in [4.69, 9.17) is 5.73 Å². The normalized spacial score (nSPS) is 11.3. The molecule has 0 radical (unpaired) electrons. The molecular formula is C14H15FN6S. The van der Waals surface area contributed by atoms with Crippen molar-refractivity contribution in [2.75, 3.05) is 0 Å². The van der Waals surface area contributed by atoms with Crippen LogP contribution in [0.5, 0.6) is 0 Å². The van der Waals surface area contributed by atoms with Gasteiger partial charge in [-0.3, -0.25) is 0 Å². The summed E-state index contributed by atoms with van der Waals surface area (Å²) in [7, 11) is 0. The molecule has 114 valence electrons. The van der Waals surface area contributed by atoms with Crippen LogP contribution in [-0.2, 0) is 6.54 Å². The van der Waals surface area contributed by atoms with Crippen LogP contribution in [0.1, 0.15) is 30.5 Å². The number of rotatable bonds is 4. The van der Waals surface area contributed by atoms with E-state index in [1.807, 2.05) is 13.8 Å². The van der Waals surface area contributed by atoms with E-state index < -0.39 is 0 Å². The first kappa shape index (κ1) is 14.7. The lowest BCUT2D eigenvalue weighted by Gasteiger charge is -2.05. The van der Waals surface area contributed by atoms with Gasteiger partial charge in [0.15, 0.2) is 0 Å². The maximum absolute atomic E-state index is 13.5. The summed E-state index contributed by atoms with van der Waals surface area (Å²) in [5, 5.41) is 18.0. The van der Waals surface area contributed by atoms with Crippen LogP contribution in [0.15, 0.2) is 24.3 Å². The van der Waals surface area contributed by atoms with Crippen LogP contribution in [0, 0.1) is 5.82 Å². The van der Waals surface area contributed by atoms with E-state index in [1.165, 1.54) is 23.5 Å². The second kappa shape index (κ2) is 5.90. The first-order valence-electron chi connectivity index (χ1n) is 6.84. The standard InChI is InChI=1S/C14H15FN6S/c1-8(2)13-18-19-14(22-13)21-12(11(7-16)17-20-21)9-4-3-5-10(15)6-9/h3-6,8H,7,16H2,1-2H3. The summed E-state index contributed by atoms with van der Waals surface area (Å²) in [4.78, 5) is 0. The van der Waals surface area contributed by atoms with Gasteiger partial charge in [-0.1, -0.05) is 42.5 Å². The van der Waals surface area contributed by atoms with Crippen molar-refractivity contribution in [2.45, 2.75) is 26.3 Å². The predicted molar refractivity (Wildman–Crippen MR) is 82.2 cm³/mol. The smallest absolute Gasteiger partial charge is 0.234 e. The Bertz CT molecular complexity index is 794. The number of nitrogens with two attached hydrogens (primary N) is 1. The number of benzene rings is 1. The Morgan fingerprint density at radius 3 is 2.73 bits per heavy atom. The highest BCUT2D eigenvalue weighted by atomic mass is 32.1. The molecule has 0 bridgehead atoms. The molecule has 0 spiro atoms. The summed E-state index contributed by atoms with van der Waals surface area (Å²) in [6.45, 7) is 4.30. The van der Waals surface area contributed by atoms with Crippen LogP contribution < -0.4 is 5.73 Å². The minimum absolute atomic E-state index is 0.210. The van der Waals surface area contributed by atoms with Crippen LogP contribution in [0.25, 0.3) is 16.4 Å². The monoisotopic (exact) mass is 318 g/mol. The van der Waals surface area contributed by atoms with Crippen molar-refractivity contribution in [2.24, 2.45) is 5.73 Å². The third kappa shape index (κ3) is 2.62. The lowest BCUT2D eigenvalue weighted by Crippen LogP contribution is -2.02. The Balaban J connectivity index is 2.14. The van der Waals surface area contributed by atoms with E-state index >= 15 is 0 Å². The van der Waals surface area contributed by atoms with Crippen molar-refractivity contribution < 1.29 is 4.39 Å². The maximum Gasteiger partial charge on any atom is 0.234 e. The van der Waals surface area contributed by atoms with Gasteiger partial charge in [0.1, 0.15) is 22.2 Å². The summed E-state index contributed by atoms with van der Waals surface area (Å²) in [5.41, 5.74) is 7.62. The average molecular weight is 318 g/mol. The zero-order valence-electron chi connectivity index (χ0n) is 12.2. The predicted octanol–water partition coefficient (Wildman–Crippen LogP) is 2.51. The molecule has 0 aliphatic heterocycles. The van der Waals surface area contributed by atoms with Gasteiger partial charge >= 0.3 is 0 Å². The highest BCUT2D eigenvalue weighted by Crippen LogP contribution is 2.28. The molecule has 2 aromatic heterocycles. The zero-order chi connectivity index (χ0) is 15.7. The molecule has 0 amide bonds. The van der Waals surface area contributed by atoms with Crippen LogP contribution in [-0.4, -0.2) is 25.2 Å². The number of hydrogen-bond donors (Lipinski definition) is 1. The molecule has 0 aliphatic carbocycles. The molecule has 0 saturated heterocycles. The lowest BCUT2D eigenvalue weighted by atomic mass is 10.1. The Morgan fingerprint density at radius 1 is 1.27 bits per heavy atom. The third-order valence-electron chi connectivity index (χ3n) is 3.14. The quantitative estimate of drug-likeness (QED) is 0.799. The van der Waals surface area contributed by atoms with Gasteiger partial charge in [-0.25, -0.2) is 4.39 Å². The van der Waals surface area contributed by atoms with E-state index in [0.717, 1.165) is 5.01 Å². The molecule has 0 fully saturated rings. The van der Waals surface area contributed by atoms with Crippen molar-refractivity contribution in [3.63, 3.8) is 0 Å². The molecule has 8 heteroatoms. The first-order valence-corrected chi connectivity index (χ1v) is 7.66. The van der Waals surface area contributed by atoms with Crippen molar-refractivity contribution in [1.82, 2.24) is 25.2 Å². The van der Waals surface area contributed by atoms with Gasteiger partial charge in [0.05, 0.1) is 0 Å². The van der Waals surface area contributed by atoms with E-state index in [-0.39, 0.29) is 18.3 Å². The SMILES string of the molecule is CC(C)c1nnc(-n2nnc(CN)c2-c2cccc(F)c2)s1. The van der Waals surface area contributed by atoms with Crippen LogP contribution in [0.4, 0.5) is 4.39 Å². The number of nitrogens with zero attached hydrogens (tertiary/aromatic N) is 5. The second-order valence-corrected chi connectivity index (χ2v) is 6.08. The van der Waals surface area contributed by atoms with E-state index in [0.29, 0.717) is 22.1 Å². The van der Waals surface area contributed by atoms with Crippen molar-refractivity contribution >= 4 is 11.3 Å². The van der Waals surface area contributed by atoms with Gasteiger partial charge in [0.2, 0.25) is 5.13 Å². The lowest BCUT2D eigenvalue weighted by molar-refractivity contribution is 0.628. The molecule has 2 N–H and O–H groups in total. The molecule has 2 heterocycles. The molecule has 6 nitrogen and oxygen atoms in total. The van der Waals surface area contributed by atoms with Gasteiger partial charge in [-0.05, 0) is 12.1 Å². The summed E-state index contributed by atoms with van der Waals surface area (Å²) in [5.74, 6) is -0.0466. The summed E-state index contributed by atoms with van der Waals surface area (Å²) >= 11 is 1.43. The van der Waals surface area contributed by atoms with Gasteiger partial charge in [0.25, 0.3) is 0 Å². The van der Waals surface area contributed by atoms with Gasteiger partial charge < -0.3 is 5.73 Å². The van der Waals surface area contributed by atoms with E-state index in [2.05, 4.69) is 20.5 Å². The molecule has 3 aromatic rings. The highest BCUT2D eigenvalue weighted by Gasteiger charge is 2.19. The summed E-state index contributed by atoms with van der Waals surface area (Å²) in [6.07, 6.45) is 0. The molecule has 22 heavy (non-hydrogen) atoms. The second-order valence-electron chi connectivity index (χ2n) is 5.09. The molecule has 3 rings (SSSR count).